The Hall–Kier alpha value is -2.30. The van der Waals surface area contributed by atoms with E-state index >= 15 is 0 Å². The zero-order chi connectivity index (χ0) is 27.3. The molecule has 3 rings (SSSR count). The molecule has 0 atom stereocenters. The molecule has 0 heterocycles. The molecule has 38 heavy (non-hydrogen) atoms. The van der Waals surface area contributed by atoms with E-state index in [1.54, 1.807) is 18.2 Å². The molecule has 2 aromatic rings. The van der Waals surface area contributed by atoms with Crippen molar-refractivity contribution in [2.75, 3.05) is 6.61 Å². The van der Waals surface area contributed by atoms with E-state index in [4.69, 9.17) is 4.74 Å². The molecular weight excluding hydrogens is 488 g/mol. The topological polar surface area (TPSA) is 9.23 Å². The van der Waals surface area contributed by atoms with Crippen molar-refractivity contribution in [2.24, 2.45) is 5.92 Å². The molecule has 1 fully saturated rings. The van der Waals surface area contributed by atoms with Crippen LogP contribution in [-0.4, -0.2) is 6.61 Å². The summed E-state index contributed by atoms with van der Waals surface area (Å²) < 4.78 is 63.7. The highest BCUT2D eigenvalue weighted by Gasteiger charge is 2.25. The fourth-order valence-corrected chi connectivity index (χ4v) is 5.42. The number of unbranched alkanes of at least 4 members (excludes halogenated alkanes) is 5. The average molecular weight is 533 g/mol. The van der Waals surface area contributed by atoms with Gasteiger partial charge in [0, 0.05) is 0 Å². The fraction of sp³-hybridized carbons (Fsp3) is 0.576. The molecule has 1 aliphatic carbocycles. The zero-order valence-corrected chi connectivity index (χ0v) is 23.1. The summed E-state index contributed by atoms with van der Waals surface area (Å²) in [7, 11) is 0. The van der Waals surface area contributed by atoms with E-state index in [1.165, 1.54) is 6.07 Å². The van der Waals surface area contributed by atoms with Crippen molar-refractivity contribution in [1.29, 1.82) is 0 Å². The predicted octanol–water partition coefficient (Wildman–Crippen LogP) is 10.4. The second kappa shape index (κ2) is 16.0. The van der Waals surface area contributed by atoms with Gasteiger partial charge in [0.1, 0.15) is 0 Å². The van der Waals surface area contributed by atoms with Gasteiger partial charge in [-0.1, -0.05) is 76.3 Å². The highest BCUT2D eigenvalue weighted by Crippen LogP contribution is 2.38. The SMILES string of the molecule is CCCCCCOc1ccc(CCC=CC2CCC(c3ccc(CCCCC)c(F)c3F)CC2)c(F)c1F. The van der Waals surface area contributed by atoms with E-state index in [1.807, 2.05) is 6.08 Å². The lowest BCUT2D eigenvalue weighted by molar-refractivity contribution is 0.285. The lowest BCUT2D eigenvalue weighted by Gasteiger charge is -2.27. The van der Waals surface area contributed by atoms with Gasteiger partial charge in [-0.15, -0.1) is 0 Å². The Bertz CT molecular complexity index is 1020. The maximum atomic E-state index is 14.8. The minimum absolute atomic E-state index is 0.0162. The molecule has 1 aliphatic rings. The normalized spacial score (nSPS) is 17.8. The first-order valence-electron chi connectivity index (χ1n) is 14.7. The molecule has 0 spiro atoms. The summed E-state index contributed by atoms with van der Waals surface area (Å²) >= 11 is 0. The third-order valence-corrected chi connectivity index (χ3v) is 7.82. The molecule has 1 saturated carbocycles. The van der Waals surface area contributed by atoms with Gasteiger partial charge < -0.3 is 4.74 Å². The maximum absolute atomic E-state index is 14.8. The first kappa shape index (κ1) is 30.2. The monoisotopic (exact) mass is 532 g/mol. The van der Waals surface area contributed by atoms with Gasteiger partial charge in [-0.05, 0) is 92.4 Å². The van der Waals surface area contributed by atoms with Crippen molar-refractivity contribution in [1.82, 2.24) is 0 Å². The molecule has 1 nitrogen and oxygen atoms in total. The van der Waals surface area contributed by atoms with Crippen molar-refractivity contribution >= 4 is 0 Å². The number of ether oxygens (including phenoxy) is 1. The Morgan fingerprint density at radius 2 is 1.37 bits per heavy atom. The summed E-state index contributed by atoms with van der Waals surface area (Å²) in [4.78, 5) is 0. The summed E-state index contributed by atoms with van der Waals surface area (Å²) in [5.74, 6) is -2.66. The number of rotatable bonds is 15. The van der Waals surface area contributed by atoms with E-state index < -0.39 is 23.3 Å². The Morgan fingerprint density at radius 3 is 2.11 bits per heavy atom. The number of allylic oxidation sites excluding steroid dienone is 2. The molecular formula is C33H44F4O. The Kier molecular flexibility index (Phi) is 12.7. The number of benzene rings is 2. The Morgan fingerprint density at radius 1 is 0.711 bits per heavy atom. The standard InChI is InChI=1S/C33H44F4O/c1-3-5-7-11-23-38-29-22-20-27(31(35)33(29)37)14-10-9-12-24-15-17-25(18-16-24)28-21-19-26(13-8-6-4-2)30(34)32(28)36/h9,12,19-22,24-25H,3-8,10-11,13-18,23H2,1-2H3. The summed E-state index contributed by atoms with van der Waals surface area (Å²) in [5, 5.41) is 0. The van der Waals surface area contributed by atoms with Crippen LogP contribution in [-0.2, 0) is 12.8 Å². The molecule has 0 unspecified atom stereocenters. The third-order valence-electron chi connectivity index (χ3n) is 7.82. The lowest BCUT2D eigenvalue weighted by Crippen LogP contribution is -2.14. The van der Waals surface area contributed by atoms with Crippen LogP contribution in [0.15, 0.2) is 36.4 Å². The first-order valence-corrected chi connectivity index (χ1v) is 14.7. The second-order valence-corrected chi connectivity index (χ2v) is 10.7. The van der Waals surface area contributed by atoms with Crippen molar-refractivity contribution in [3.63, 3.8) is 0 Å². The highest BCUT2D eigenvalue weighted by atomic mass is 19.2. The van der Waals surface area contributed by atoms with Gasteiger partial charge in [0.05, 0.1) is 6.61 Å². The summed E-state index contributed by atoms with van der Waals surface area (Å²) in [5.41, 5.74) is 1.34. The van der Waals surface area contributed by atoms with Crippen LogP contribution in [0, 0.1) is 29.2 Å². The smallest absolute Gasteiger partial charge is 0.200 e. The van der Waals surface area contributed by atoms with Crippen LogP contribution in [0.1, 0.15) is 114 Å². The van der Waals surface area contributed by atoms with Gasteiger partial charge in [-0.25, -0.2) is 13.2 Å². The van der Waals surface area contributed by atoms with Crippen LogP contribution < -0.4 is 4.74 Å². The van der Waals surface area contributed by atoms with Gasteiger partial charge in [0.25, 0.3) is 0 Å². The van der Waals surface area contributed by atoms with E-state index in [9.17, 15) is 17.6 Å². The molecule has 210 valence electrons. The zero-order valence-electron chi connectivity index (χ0n) is 23.1. The molecule has 5 heteroatoms. The van der Waals surface area contributed by atoms with E-state index in [0.717, 1.165) is 70.6 Å². The fourth-order valence-electron chi connectivity index (χ4n) is 5.42. The lowest BCUT2D eigenvalue weighted by atomic mass is 9.78. The van der Waals surface area contributed by atoms with Crippen LogP contribution in [0.2, 0.25) is 0 Å². The maximum Gasteiger partial charge on any atom is 0.200 e. The summed E-state index contributed by atoms with van der Waals surface area (Å²) in [6.45, 7) is 4.61. The van der Waals surface area contributed by atoms with Gasteiger partial charge in [-0.2, -0.15) is 4.39 Å². The average Bonchev–Trinajstić information content (AvgIpc) is 2.93. The van der Waals surface area contributed by atoms with Crippen molar-refractivity contribution in [3.8, 4) is 5.75 Å². The summed E-state index contributed by atoms with van der Waals surface area (Å²) in [6.07, 6.45) is 16.3. The van der Waals surface area contributed by atoms with Crippen molar-refractivity contribution in [3.05, 3.63) is 76.4 Å². The summed E-state index contributed by atoms with van der Waals surface area (Å²) in [6, 6.07) is 6.69. The van der Waals surface area contributed by atoms with Crippen molar-refractivity contribution in [2.45, 2.75) is 110 Å². The van der Waals surface area contributed by atoms with Crippen LogP contribution in [0.3, 0.4) is 0 Å². The van der Waals surface area contributed by atoms with Gasteiger partial charge in [0.15, 0.2) is 23.2 Å². The number of hydrogen-bond acceptors (Lipinski definition) is 1. The molecule has 2 aromatic carbocycles. The van der Waals surface area contributed by atoms with Crippen molar-refractivity contribution < 1.29 is 22.3 Å². The predicted molar refractivity (Wildman–Crippen MR) is 148 cm³/mol. The van der Waals surface area contributed by atoms with Crippen LogP contribution >= 0.6 is 0 Å². The molecule has 0 radical (unpaired) electrons. The van der Waals surface area contributed by atoms with Gasteiger partial charge in [-0.3, -0.25) is 0 Å². The molecule has 0 aromatic heterocycles. The minimum Gasteiger partial charge on any atom is -0.490 e. The molecule has 0 bridgehead atoms. The van der Waals surface area contributed by atoms with Crippen LogP contribution in [0.25, 0.3) is 0 Å². The highest BCUT2D eigenvalue weighted by molar-refractivity contribution is 5.32. The molecule has 0 aliphatic heterocycles. The number of aryl methyl sites for hydroxylation is 2. The van der Waals surface area contributed by atoms with Gasteiger partial charge >= 0.3 is 0 Å². The van der Waals surface area contributed by atoms with E-state index in [2.05, 4.69) is 19.9 Å². The third kappa shape index (κ3) is 8.61. The molecule has 0 amide bonds. The quantitative estimate of drug-likeness (QED) is 0.126. The Balaban J connectivity index is 1.44. The number of hydrogen-bond donors (Lipinski definition) is 0. The number of halogens is 4. The van der Waals surface area contributed by atoms with Crippen LogP contribution in [0.4, 0.5) is 17.6 Å². The second-order valence-electron chi connectivity index (χ2n) is 10.7. The van der Waals surface area contributed by atoms with E-state index in [0.29, 0.717) is 48.5 Å². The largest absolute Gasteiger partial charge is 0.490 e. The molecule has 0 saturated heterocycles. The minimum atomic E-state index is -0.905. The van der Waals surface area contributed by atoms with Gasteiger partial charge in [0.2, 0.25) is 5.82 Å². The van der Waals surface area contributed by atoms with E-state index in [-0.39, 0.29) is 11.7 Å². The Labute approximate surface area is 226 Å². The van der Waals surface area contributed by atoms with Crippen LogP contribution in [0.5, 0.6) is 5.75 Å². The molecule has 0 N–H and O–H groups in total. The first-order chi connectivity index (χ1) is 18.5.